The van der Waals surface area contributed by atoms with E-state index in [9.17, 15) is 0 Å². The first-order chi connectivity index (χ1) is 8.97. The molecule has 0 spiro atoms. The fourth-order valence-corrected chi connectivity index (χ4v) is 2.05. The van der Waals surface area contributed by atoms with E-state index in [1.165, 1.54) is 0 Å². The Hall–Kier alpha value is -1.26. The van der Waals surface area contributed by atoms with Crippen LogP contribution in [0.1, 0.15) is 32.4 Å². The topological polar surface area (TPSA) is 47.7 Å². The largest absolute Gasteiger partial charge is 0.496 e. The number of likely N-dealkylation sites (N-methyl/N-ethyl adjacent to an activating group) is 1. The monoisotopic (exact) mass is 266 g/mol. The Morgan fingerprint density at radius 3 is 2.47 bits per heavy atom. The van der Waals surface area contributed by atoms with E-state index >= 15 is 0 Å². The fourth-order valence-electron chi connectivity index (χ4n) is 2.05. The molecule has 1 atom stereocenters. The molecule has 1 aromatic rings. The lowest BCUT2D eigenvalue weighted by molar-refractivity contribution is 0.0846. The van der Waals surface area contributed by atoms with E-state index in [1.54, 1.807) is 7.11 Å². The first kappa shape index (κ1) is 15.8. The van der Waals surface area contributed by atoms with Gasteiger partial charge in [-0.05, 0) is 32.9 Å². The van der Waals surface area contributed by atoms with Gasteiger partial charge in [0.2, 0.25) is 0 Å². The zero-order valence-electron chi connectivity index (χ0n) is 12.6. The van der Waals surface area contributed by atoms with Crippen LogP contribution < -0.4 is 15.4 Å². The lowest BCUT2D eigenvalue weighted by Gasteiger charge is -2.25. The number of benzene rings is 1. The highest BCUT2D eigenvalue weighted by Gasteiger charge is 2.15. The summed E-state index contributed by atoms with van der Waals surface area (Å²) in [4.78, 5) is 2.16. The molecule has 19 heavy (non-hydrogen) atoms. The maximum absolute atomic E-state index is 6.07. The first-order valence-corrected chi connectivity index (χ1v) is 6.72. The summed E-state index contributed by atoms with van der Waals surface area (Å²) < 4.78 is 11.0. The van der Waals surface area contributed by atoms with Crippen molar-refractivity contribution in [3.8, 4) is 5.75 Å². The lowest BCUT2D eigenvalue weighted by Crippen LogP contribution is -2.26. The molecule has 0 saturated heterocycles. The maximum atomic E-state index is 6.07. The van der Waals surface area contributed by atoms with E-state index in [4.69, 9.17) is 15.2 Å². The van der Waals surface area contributed by atoms with Crippen LogP contribution in [0, 0.1) is 0 Å². The number of methoxy groups -OCH3 is 1. The van der Waals surface area contributed by atoms with Crippen LogP contribution >= 0.6 is 0 Å². The zero-order chi connectivity index (χ0) is 14.4. The molecule has 0 fully saturated rings. The molecule has 0 aromatic heterocycles. The van der Waals surface area contributed by atoms with Gasteiger partial charge >= 0.3 is 0 Å². The zero-order valence-corrected chi connectivity index (χ0v) is 12.6. The number of nitrogens with two attached hydrogens (primary N) is 1. The number of nitrogens with zero attached hydrogens (tertiary/aromatic N) is 1. The molecule has 0 amide bonds. The minimum Gasteiger partial charge on any atom is -0.496 e. The predicted molar refractivity (Wildman–Crippen MR) is 80.0 cm³/mol. The van der Waals surface area contributed by atoms with Gasteiger partial charge in [0.05, 0.1) is 19.8 Å². The third kappa shape index (κ3) is 4.40. The molecule has 2 N–H and O–H groups in total. The lowest BCUT2D eigenvalue weighted by atomic mass is 10.0. The van der Waals surface area contributed by atoms with Crippen molar-refractivity contribution in [1.82, 2.24) is 0 Å². The Bertz CT molecular complexity index is 392. The van der Waals surface area contributed by atoms with Gasteiger partial charge in [-0.2, -0.15) is 0 Å². The van der Waals surface area contributed by atoms with Crippen molar-refractivity contribution >= 4 is 5.69 Å². The van der Waals surface area contributed by atoms with Crippen LogP contribution in [-0.2, 0) is 4.74 Å². The second kappa shape index (κ2) is 7.36. The summed E-state index contributed by atoms with van der Waals surface area (Å²) in [5.74, 6) is 0.837. The van der Waals surface area contributed by atoms with Crippen molar-refractivity contribution in [2.24, 2.45) is 5.73 Å². The fraction of sp³-hybridized carbons (Fsp3) is 0.600. The van der Waals surface area contributed by atoms with E-state index in [0.29, 0.717) is 6.61 Å². The summed E-state index contributed by atoms with van der Waals surface area (Å²) in [6.45, 7) is 7.58. The van der Waals surface area contributed by atoms with Gasteiger partial charge in [-0.1, -0.05) is 6.07 Å². The smallest absolute Gasteiger partial charge is 0.125 e. The molecule has 0 radical (unpaired) electrons. The van der Waals surface area contributed by atoms with Crippen LogP contribution in [0.2, 0.25) is 0 Å². The van der Waals surface area contributed by atoms with Gasteiger partial charge in [0.1, 0.15) is 5.75 Å². The number of rotatable bonds is 7. The molecule has 0 heterocycles. The van der Waals surface area contributed by atoms with Gasteiger partial charge in [-0.3, -0.25) is 0 Å². The average molecular weight is 266 g/mol. The van der Waals surface area contributed by atoms with E-state index < -0.39 is 0 Å². The van der Waals surface area contributed by atoms with Crippen molar-refractivity contribution in [3.63, 3.8) is 0 Å². The van der Waals surface area contributed by atoms with Gasteiger partial charge in [0.15, 0.2) is 0 Å². The van der Waals surface area contributed by atoms with E-state index in [-0.39, 0.29) is 12.1 Å². The van der Waals surface area contributed by atoms with Crippen LogP contribution in [0.4, 0.5) is 5.69 Å². The molecule has 4 heteroatoms. The van der Waals surface area contributed by atoms with Gasteiger partial charge in [0.25, 0.3) is 0 Å². The van der Waals surface area contributed by atoms with Crippen molar-refractivity contribution in [2.75, 3.05) is 32.2 Å². The molecular formula is C15H26N2O2. The second-order valence-electron chi connectivity index (χ2n) is 5.02. The molecule has 4 nitrogen and oxygen atoms in total. The Kier molecular flexibility index (Phi) is 6.12. The Morgan fingerprint density at radius 2 is 1.95 bits per heavy atom. The summed E-state index contributed by atoms with van der Waals surface area (Å²) in [6.07, 6.45) is 0.256. The summed E-state index contributed by atoms with van der Waals surface area (Å²) in [7, 11) is 3.72. The van der Waals surface area contributed by atoms with Gasteiger partial charge < -0.3 is 20.1 Å². The molecular weight excluding hydrogens is 240 g/mol. The van der Waals surface area contributed by atoms with E-state index in [1.807, 2.05) is 40.0 Å². The van der Waals surface area contributed by atoms with Crippen molar-refractivity contribution in [3.05, 3.63) is 23.8 Å². The standard InChI is InChI=1S/C15H26N2O2/c1-11(2)19-10-9-17(4)13-7-6-8-14(18-5)15(13)12(3)16/h6-8,11-12H,9-10,16H2,1-5H3/t12-/m1/s1. The molecule has 0 aliphatic carbocycles. The third-order valence-corrected chi connectivity index (χ3v) is 3.01. The number of anilines is 1. The molecule has 0 aliphatic rings. The van der Waals surface area contributed by atoms with Crippen LogP contribution in [0.3, 0.4) is 0 Å². The predicted octanol–water partition coefficient (Wildman–Crippen LogP) is 2.58. The maximum Gasteiger partial charge on any atom is 0.125 e. The Balaban J connectivity index is 2.86. The molecule has 0 bridgehead atoms. The SMILES string of the molecule is COc1cccc(N(C)CCOC(C)C)c1[C@@H](C)N. The number of hydrogen-bond acceptors (Lipinski definition) is 4. The van der Waals surface area contributed by atoms with Gasteiger partial charge in [0, 0.05) is 30.9 Å². The minimum absolute atomic E-state index is 0.0698. The number of hydrogen-bond donors (Lipinski definition) is 1. The quantitative estimate of drug-likeness (QED) is 0.824. The Morgan fingerprint density at radius 1 is 1.26 bits per heavy atom. The highest BCUT2D eigenvalue weighted by molar-refractivity contribution is 5.60. The summed E-state index contributed by atoms with van der Waals surface area (Å²) >= 11 is 0. The highest BCUT2D eigenvalue weighted by Crippen LogP contribution is 2.32. The summed E-state index contributed by atoms with van der Waals surface area (Å²) in [5.41, 5.74) is 8.21. The van der Waals surface area contributed by atoms with Crippen molar-refractivity contribution in [1.29, 1.82) is 0 Å². The average Bonchev–Trinajstić information content (AvgIpc) is 2.36. The third-order valence-electron chi connectivity index (χ3n) is 3.01. The van der Waals surface area contributed by atoms with Gasteiger partial charge in [-0.15, -0.1) is 0 Å². The number of ether oxygens (including phenoxy) is 2. The molecule has 1 rings (SSSR count). The van der Waals surface area contributed by atoms with E-state index in [0.717, 1.165) is 23.5 Å². The van der Waals surface area contributed by atoms with Crippen molar-refractivity contribution in [2.45, 2.75) is 32.9 Å². The van der Waals surface area contributed by atoms with Crippen LogP contribution in [0.15, 0.2) is 18.2 Å². The molecule has 0 aliphatic heterocycles. The van der Waals surface area contributed by atoms with Gasteiger partial charge in [-0.25, -0.2) is 0 Å². The van der Waals surface area contributed by atoms with Crippen LogP contribution in [0.25, 0.3) is 0 Å². The molecule has 108 valence electrons. The Labute approximate surface area is 116 Å². The summed E-state index contributed by atoms with van der Waals surface area (Å²) in [5, 5.41) is 0. The summed E-state index contributed by atoms with van der Waals surface area (Å²) in [6, 6.07) is 5.93. The molecule has 0 unspecified atom stereocenters. The van der Waals surface area contributed by atoms with Crippen LogP contribution in [0.5, 0.6) is 5.75 Å². The minimum atomic E-state index is -0.0698. The second-order valence-corrected chi connectivity index (χ2v) is 5.02. The molecule has 1 aromatic carbocycles. The van der Waals surface area contributed by atoms with Crippen LogP contribution in [-0.4, -0.2) is 33.4 Å². The highest BCUT2D eigenvalue weighted by atomic mass is 16.5. The van der Waals surface area contributed by atoms with E-state index in [2.05, 4.69) is 11.0 Å². The normalized spacial score (nSPS) is 12.6. The first-order valence-electron chi connectivity index (χ1n) is 6.72. The molecule has 0 saturated carbocycles. The van der Waals surface area contributed by atoms with Crippen molar-refractivity contribution < 1.29 is 9.47 Å².